The van der Waals surface area contributed by atoms with Gasteiger partial charge in [-0.25, -0.2) is 0 Å². The summed E-state index contributed by atoms with van der Waals surface area (Å²) in [5, 5.41) is 4.73. The van der Waals surface area contributed by atoms with E-state index >= 15 is 0 Å². The lowest BCUT2D eigenvalue weighted by molar-refractivity contribution is 0.102. The van der Waals surface area contributed by atoms with Crippen LogP contribution in [0.3, 0.4) is 0 Å². The fourth-order valence-electron chi connectivity index (χ4n) is 2.87. The van der Waals surface area contributed by atoms with E-state index in [4.69, 9.17) is 14.2 Å². The molecular weight excluding hydrogens is 442 g/mol. The minimum atomic E-state index is -0.459. The van der Waals surface area contributed by atoms with E-state index < -0.39 is 5.91 Å². The molecule has 33 heavy (non-hydrogen) atoms. The van der Waals surface area contributed by atoms with Crippen molar-refractivity contribution in [2.75, 3.05) is 38.5 Å². The first-order valence-electron chi connectivity index (χ1n) is 10.3. The van der Waals surface area contributed by atoms with Crippen molar-refractivity contribution < 1.29 is 19.0 Å². The highest BCUT2D eigenvalue weighted by atomic mass is 32.1. The van der Waals surface area contributed by atoms with Crippen molar-refractivity contribution >= 4 is 28.9 Å². The SMILES string of the molecule is COc1nc(N(C)C)nc(OC)c1NC(=O)c1csc(Oc2cc(C(C)(C)C)ccc2C)n1. The van der Waals surface area contributed by atoms with Crippen LogP contribution in [0.4, 0.5) is 11.6 Å². The molecule has 0 atom stereocenters. The molecule has 9 nitrogen and oxygen atoms in total. The van der Waals surface area contributed by atoms with E-state index in [0.717, 1.165) is 11.1 Å². The number of amides is 1. The number of carbonyl (C=O) groups excluding carboxylic acids is 1. The number of ether oxygens (including phenoxy) is 3. The molecule has 0 aliphatic heterocycles. The molecule has 0 radical (unpaired) electrons. The maximum Gasteiger partial charge on any atom is 0.279 e. The predicted molar refractivity (Wildman–Crippen MR) is 129 cm³/mol. The molecule has 0 aliphatic carbocycles. The summed E-state index contributed by atoms with van der Waals surface area (Å²) < 4.78 is 16.7. The highest BCUT2D eigenvalue weighted by Gasteiger charge is 2.22. The van der Waals surface area contributed by atoms with E-state index in [1.807, 2.05) is 19.1 Å². The first-order valence-corrected chi connectivity index (χ1v) is 11.1. The number of aryl methyl sites for hydroxylation is 1. The van der Waals surface area contributed by atoms with Gasteiger partial charge in [-0.3, -0.25) is 4.79 Å². The van der Waals surface area contributed by atoms with Crippen LogP contribution in [-0.2, 0) is 5.41 Å². The highest BCUT2D eigenvalue weighted by Crippen LogP contribution is 2.35. The molecule has 3 aromatic rings. The molecule has 3 rings (SSSR count). The zero-order valence-corrected chi connectivity index (χ0v) is 21.0. The number of hydrogen-bond acceptors (Lipinski definition) is 9. The lowest BCUT2D eigenvalue weighted by Crippen LogP contribution is -2.18. The Balaban J connectivity index is 1.83. The van der Waals surface area contributed by atoms with E-state index in [0.29, 0.717) is 16.9 Å². The predicted octanol–water partition coefficient (Wildman–Crippen LogP) is 4.67. The van der Waals surface area contributed by atoms with Crippen molar-refractivity contribution in [3.05, 3.63) is 40.4 Å². The Labute approximate surface area is 197 Å². The third-order valence-electron chi connectivity index (χ3n) is 4.82. The first kappa shape index (κ1) is 24.2. The lowest BCUT2D eigenvalue weighted by atomic mass is 9.86. The summed E-state index contributed by atoms with van der Waals surface area (Å²) in [4.78, 5) is 27.5. The Hall–Kier alpha value is -3.40. The maximum absolute atomic E-state index is 12.9. The zero-order chi connectivity index (χ0) is 24.3. The summed E-state index contributed by atoms with van der Waals surface area (Å²) in [6.45, 7) is 8.40. The van der Waals surface area contributed by atoms with Crippen molar-refractivity contribution in [3.63, 3.8) is 0 Å². The molecule has 176 valence electrons. The van der Waals surface area contributed by atoms with E-state index in [1.54, 1.807) is 24.4 Å². The molecule has 0 spiro atoms. The van der Waals surface area contributed by atoms with Gasteiger partial charge in [0.15, 0.2) is 5.69 Å². The van der Waals surface area contributed by atoms with Crippen LogP contribution >= 0.6 is 11.3 Å². The Morgan fingerprint density at radius 2 is 1.70 bits per heavy atom. The van der Waals surface area contributed by atoms with Gasteiger partial charge in [-0.05, 0) is 29.5 Å². The Bertz CT molecular complexity index is 1130. The summed E-state index contributed by atoms with van der Waals surface area (Å²) in [6, 6.07) is 6.12. The van der Waals surface area contributed by atoms with Crippen LogP contribution in [0.2, 0.25) is 0 Å². The molecule has 0 bridgehead atoms. The summed E-state index contributed by atoms with van der Waals surface area (Å²) in [6.07, 6.45) is 0. The molecule has 0 aliphatic rings. The molecule has 2 aromatic heterocycles. The Morgan fingerprint density at radius 1 is 1.06 bits per heavy atom. The van der Waals surface area contributed by atoms with Crippen LogP contribution < -0.4 is 24.4 Å². The van der Waals surface area contributed by atoms with Gasteiger partial charge >= 0.3 is 0 Å². The average Bonchev–Trinajstić information content (AvgIpc) is 3.23. The summed E-state index contributed by atoms with van der Waals surface area (Å²) in [7, 11) is 6.50. The standard InChI is InChI=1S/C23H29N5O4S/c1-13-9-10-14(23(2,3)4)11-16(13)32-22-24-15(12-33-22)18(29)25-17-19(30-7)26-21(28(5)6)27-20(17)31-8/h9-12H,1-8H3,(H,25,29). The molecule has 0 unspecified atom stereocenters. The topological polar surface area (TPSA) is 98.7 Å². The molecule has 2 heterocycles. The van der Waals surface area contributed by atoms with Gasteiger partial charge in [0.25, 0.3) is 11.1 Å². The normalized spacial score (nSPS) is 11.2. The number of anilines is 2. The van der Waals surface area contributed by atoms with Crippen LogP contribution in [0.5, 0.6) is 22.7 Å². The maximum atomic E-state index is 12.9. The van der Waals surface area contributed by atoms with Crippen molar-refractivity contribution in [2.45, 2.75) is 33.1 Å². The first-order chi connectivity index (χ1) is 15.5. The molecule has 1 N–H and O–H groups in total. The van der Waals surface area contributed by atoms with Crippen LogP contribution in [0.25, 0.3) is 0 Å². The fraction of sp³-hybridized carbons (Fsp3) is 0.391. The second-order valence-corrected chi connectivity index (χ2v) is 9.42. The Morgan fingerprint density at radius 3 is 2.24 bits per heavy atom. The number of nitrogens with zero attached hydrogens (tertiary/aromatic N) is 4. The number of nitrogens with one attached hydrogen (secondary N) is 1. The average molecular weight is 472 g/mol. The summed E-state index contributed by atoms with van der Waals surface area (Å²) >= 11 is 1.24. The zero-order valence-electron chi connectivity index (χ0n) is 20.1. The largest absolute Gasteiger partial charge is 0.479 e. The molecule has 10 heteroatoms. The van der Waals surface area contributed by atoms with Crippen molar-refractivity contribution in [3.8, 4) is 22.7 Å². The number of carbonyl (C=O) groups is 1. The van der Waals surface area contributed by atoms with Gasteiger partial charge in [0.1, 0.15) is 11.4 Å². The Kier molecular flexibility index (Phi) is 7.06. The van der Waals surface area contributed by atoms with Crippen molar-refractivity contribution in [2.24, 2.45) is 0 Å². The van der Waals surface area contributed by atoms with Gasteiger partial charge in [-0.1, -0.05) is 44.2 Å². The van der Waals surface area contributed by atoms with Gasteiger partial charge in [-0.2, -0.15) is 15.0 Å². The van der Waals surface area contributed by atoms with E-state index in [9.17, 15) is 4.79 Å². The third-order valence-corrected chi connectivity index (χ3v) is 5.54. The second-order valence-electron chi connectivity index (χ2n) is 8.60. The van der Waals surface area contributed by atoms with Gasteiger partial charge in [0, 0.05) is 19.5 Å². The number of aromatic nitrogens is 3. The quantitative estimate of drug-likeness (QED) is 0.531. The fourth-order valence-corrected chi connectivity index (χ4v) is 3.53. The lowest BCUT2D eigenvalue weighted by Gasteiger charge is -2.20. The number of benzene rings is 1. The summed E-state index contributed by atoms with van der Waals surface area (Å²) in [5.74, 6) is 0.998. The van der Waals surface area contributed by atoms with Crippen LogP contribution in [-0.4, -0.2) is 49.2 Å². The number of rotatable bonds is 7. The van der Waals surface area contributed by atoms with Gasteiger partial charge < -0.3 is 24.4 Å². The van der Waals surface area contributed by atoms with Crippen LogP contribution in [0, 0.1) is 6.92 Å². The number of hydrogen-bond donors (Lipinski definition) is 1. The molecule has 0 saturated heterocycles. The molecule has 0 saturated carbocycles. The molecule has 0 fully saturated rings. The third kappa shape index (κ3) is 5.51. The molecule has 1 aromatic carbocycles. The van der Waals surface area contributed by atoms with E-state index in [2.05, 4.69) is 47.1 Å². The van der Waals surface area contributed by atoms with Crippen molar-refractivity contribution in [1.82, 2.24) is 15.0 Å². The monoisotopic (exact) mass is 471 g/mol. The van der Waals surface area contributed by atoms with Crippen molar-refractivity contribution in [1.29, 1.82) is 0 Å². The van der Waals surface area contributed by atoms with E-state index in [-0.39, 0.29) is 28.6 Å². The van der Waals surface area contributed by atoms with Gasteiger partial charge in [0.2, 0.25) is 17.7 Å². The smallest absolute Gasteiger partial charge is 0.279 e. The number of methoxy groups -OCH3 is 2. The van der Waals surface area contributed by atoms with E-state index in [1.165, 1.54) is 25.6 Å². The van der Waals surface area contributed by atoms with Crippen LogP contribution in [0.15, 0.2) is 23.6 Å². The summed E-state index contributed by atoms with van der Waals surface area (Å²) in [5.41, 5.74) is 2.54. The van der Waals surface area contributed by atoms with Crippen LogP contribution in [0.1, 0.15) is 42.4 Å². The minimum absolute atomic E-state index is 0.0119. The minimum Gasteiger partial charge on any atom is -0.479 e. The second kappa shape index (κ2) is 9.62. The van der Waals surface area contributed by atoms with Gasteiger partial charge in [-0.15, -0.1) is 0 Å². The number of thiazole rings is 1. The molecular formula is C23H29N5O4S. The highest BCUT2D eigenvalue weighted by molar-refractivity contribution is 7.11. The van der Waals surface area contributed by atoms with Gasteiger partial charge in [0.05, 0.1) is 14.2 Å². The molecule has 1 amide bonds.